The average Bonchev–Trinajstić information content (AvgIpc) is 3.14. The summed E-state index contributed by atoms with van der Waals surface area (Å²) >= 11 is 1.18. The number of nitrogens with zero attached hydrogens (tertiary/aromatic N) is 3. The van der Waals surface area contributed by atoms with Crippen molar-refractivity contribution >= 4 is 26.1 Å². The molecule has 7 nitrogen and oxygen atoms in total. The van der Waals surface area contributed by atoms with Crippen LogP contribution < -0.4 is 0 Å². The molecule has 0 radical (unpaired) electrons. The van der Waals surface area contributed by atoms with Gasteiger partial charge in [0, 0.05) is 11.5 Å². The molecule has 0 aromatic carbocycles. The number of halogens is 3. The first kappa shape index (κ1) is 23.7. The Balaban J connectivity index is 1.76. The van der Waals surface area contributed by atoms with Crippen molar-refractivity contribution in [3.05, 3.63) is 26.9 Å². The molecular weight excluding hydrogens is 467 g/mol. The van der Waals surface area contributed by atoms with Crippen LogP contribution in [-0.2, 0) is 15.4 Å². The van der Waals surface area contributed by atoms with E-state index in [0.29, 0.717) is 21.4 Å². The summed E-state index contributed by atoms with van der Waals surface area (Å²) < 4.78 is 69.2. The van der Waals surface area contributed by atoms with Crippen LogP contribution in [0.15, 0.2) is 10.5 Å². The molecule has 0 saturated heterocycles. The highest BCUT2D eigenvalue weighted by atomic mass is 32.2. The van der Waals surface area contributed by atoms with Crippen LogP contribution in [0.3, 0.4) is 0 Å². The van der Waals surface area contributed by atoms with E-state index in [0.717, 1.165) is 0 Å². The smallest absolute Gasteiger partial charge is 0.390 e. The van der Waals surface area contributed by atoms with E-state index < -0.39 is 55.3 Å². The van der Waals surface area contributed by atoms with Crippen molar-refractivity contribution in [2.24, 2.45) is 0 Å². The van der Waals surface area contributed by atoms with Crippen molar-refractivity contribution in [3.8, 4) is 0 Å². The Morgan fingerprint density at radius 3 is 2.41 bits per heavy atom. The Labute approximate surface area is 187 Å². The molecule has 2 aromatic rings. The highest BCUT2D eigenvalue weighted by Gasteiger charge is 2.51. The van der Waals surface area contributed by atoms with Crippen LogP contribution in [-0.4, -0.2) is 50.3 Å². The Morgan fingerprint density at radius 2 is 1.88 bits per heavy atom. The number of aromatic nitrogens is 3. The molecular formula is C20H26F3N3O4S2. The maximum Gasteiger partial charge on any atom is 0.413 e. The molecule has 0 bridgehead atoms. The van der Waals surface area contributed by atoms with E-state index in [1.54, 1.807) is 20.8 Å². The van der Waals surface area contributed by atoms with Gasteiger partial charge in [0.25, 0.3) is 0 Å². The molecule has 178 valence electrons. The number of fused-ring (bicyclic) bond motifs is 1. The Hall–Kier alpha value is -1.50. The molecule has 1 atom stereocenters. The van der Waals surface area contributed by atoms with Gasteiger partial charge in [-0.2, -0.15) is 18.3 Å². The average molecular weight is 494 g/mol. The predicted octanol–water partition coefficient (Wildman–Crippen LogP) is 3.74. The summed E-state index contributed by atoms with van der Waals surface area (Å²) in [5, 5.41) is 24.0. The Morgan fingerprint density at radius 1 is 1.25 bits per heavy atom. The van der Waals surface area contributed by atoms with Gasteiger partial charge in [0.15, 0.2) is 9.84 Å². The lowest BCUT2D eigenvalue weighted by molar-refractivity contribution is -0.0956. The number of hydrogen-bond acceptors (Lipinski definition) is 7. The van der Waals surface area contributed by atoms with Crippen molar-refractivity contribution in [3.63, 3.8) is 0 Å². The molecule has 1 fully saturated rings. The summed E-state index contributed by atoms with van der Waals surface area (Å²) in [7, 11) is -4.22. The third-order valence-corrected chi connectivity index (χ3v) is 9.84. The molecule has 32 heavy (non-hydrogen) atoms. The molecule has 2 aliphatic carbocycles. The van der Waals surface area contributed by atoms with E-state index in [-0.39, 0.29) is 25.7 Å². The van der Waals surface area contributed by atoms with Crippen LogP contribution in [0.25, 0.3) is 4.96 Å². The minimum atomic E-state index is -4.74. The largest absolute Gasteiger partial charge is 0.413 e. The molecule has 12 heteroatoms. The topological polar surface area (TPSA) is 105 Å². The fourth-order valence-corrected chi connectivity index (χ4v) is 8.16. The maximum absolute atomic E-state index is 13.8. The second-order valence-corrected chi connectivity index (χ2v) is 12.9. The number of imidazole rings is 1. The van der Waals surface area contributed by atoms with Crippen LogP contribution in [0.2, 0.25) is 0 Å². The predicted molar refractivity (Wildman–Crippen MR) is 113 cm³/mol. The zero-order chi connectivity index (χ0) is 23.9. The summed E-state index contributed by atoms with van der Waals surface area (Å²) in [6, 6.07) is 0. The van der Waals surface area contributed by atoms with Gasteiger partial charge in [0.1, 0.15) is 10.6 Å². The normalized spacial score (nSPS) is 27.8. The van der Waals surface area contributed by atoms with Gasteiger partial charge >= 0.3 is 6.18 Å². The first-order valence-electron chi connectivity index (χ1n) is 10.3. The van der Waals surface area contributed by atoms with E-state index in [2.05, 4.69) is 10.1 Å². The lowest BCUT2D eigenvalue weighted by Crippen LogP contribution is -2.49. The zero-order valence-corrected chi connectivity index (χ0v) is 19.8. The van der Waals surface area contributed by atoms with Crippen LogP contribution in [0, 0.1) is 6.92 Å². The van der Waals surface area contributed by atoms with Crippen molar-refractivity contribution in [1.82, 2.24) is 14.6 Å². The SMILES string of the molecule is Cc1nc2sc(C(C)(C)O)nn2c1C1CCC(C(F)(F)F)=C(S(=O)(=O)[C@H]2C[C@@](C)(O)C2)C1. The third kappa shape index (κ3) is 3.99. The van der Waals surface area contributed by atoms with Gasteiger partial charge in [-0.1, -0.05) is 11.3 Å². The minimum absolute atomic E-state index is 0.0778. The second-order valence-electron chi connectivity index (χ2n) is 9.65. The van der Waals surface area contributed by atoms with E-state index >= 15 is 0 Å². The molecule has 2 aliphatic rings. The van der Waals surface area contributed by atoms with Gasteiger partial charge in [0.2, 0.25) is 4.96 Å². The summed E-state index contributed by atoms with van der Waals surface area (Å²) in [4.78, 5) is 4.37. The van der Waals surface area contributed by atoms with Crippen molar-refractivity contribution in [2.45, 2.75) is 88.3 Å². The highest BCUT2D eigenvalue weighted by Crippen LogP contribution is 2.49. The van der Waals surface area contributed by atoms with Gasteiger partial charge < -0.3 is 10.2 Å². The molecule has 2 aromatic heterocycles. The fourth-order valence-electron chi connectivity index (χ4n) is 4.65. The van der Waals surface area contributed by atoms with Gasteiger partial charge in [-0.25, -0.2) is 17.9 Å². The van der Waals surface area contributed by atoms with Gasteiger partial charge in [0.05, 0.1) is 27.1 Å². The molecule has 1 saturated carbocycles. The minimum Gasteiger partial charge on any atom is -0.390 e. The van der Waals surface area contributed by atoms with Crippen molar-refractivity contribution in [2.75, 3.05) is 0 Å². The highest BCUT2D eigenvalue weighted by molar-refractivity contribution is 7.95. The van der Waals surface area contributed by atoms with E-state index in [9.17, 15) is 31.8 Å². The molecule has 2 heterocycles. The van der Waals surface area contributed by atoms with Crippen LogP contribution in [0.1, 0.15) is 75.2 Å². The molecule has 0 aliphatic heterocycles. The molecule has 0 spiro atoms. The second kappa shape index (κ2) is 7.25. The van der Waals surface area contributed by atoms with Gasteiger partial charge in [-0.3, -0.25) is 0 Å². The number of allylic oxidation sites excluding steroid dienone is 2. The lowest BCUT2D eigenvalue weighted by atomic mass is 9.82. The number of aliphatic hydroxyl groups is 2. The number of aryl methyl sites for hydroxylation is 1. The van der Waals surface area contributed by atoms with E-state index in [1.807, 2.05) is 0 Å². The van der Waals surface area contributed by atoms with Gasteiger partial charge in [-0.15, -0.1) is 0 Å². The van der Waals surface area contributed by atoms with E-state index in [4.69, 9.17) is 0 Å². The van der Waals surface area contributed by atoms with Crippen LogP contribution in [0.5, 0.6) is 0 Å². The van der Waals surface area contributed by atoms with Crippen LogP contribution in [0.4, 0.5) is 13.2 Å². The summed E-state index contributed by atoms with van der Waals surface area (Å²) in [5.74, 6) is -0.516. The Kier molecular flexibility index (Phi) is 5.36. The summed E-state index contributed by atoms with van der Waals surface area (Å²) in [6.07, 6.45) is -5.49. The number of sulfone groups is 1. The quantitative estimate of drug-likeness (QED) is 0.673. The van der Waals surface area contributed by atoms with Crippen molar-refractivity contribution in [1.29, 1.82) is 0 Å². The first-order chi connectivity index (χ1) is 14.5. The van der Waals surface area contributed by atoms with E-state index in [1.165, 1.54) is 22.8 Å². The molecule has 4 rings (SSSR count). The zero-order valence-electron chi connectivity index (χ0n) is 18.2. The molecule has 2 N–H and O–H groups in total. The number of alkyl halides is 3. The summed E-state index contributed by atoms with van der Waals surface area (Å²) in [5.41, 5.74) is -2.22. The number of rotatable bonds is 4. The standard InChI is InChI=1S/C20H26F3N3O4S2/c1-10-15(26-17(24-10)31-16(25-26)18(2,3)27)11-5-6-13(20(21,22)23)14(7-11)32(29,30)12-8-19(4,28)9-12/h11-12,27-28H,5-9H2,1-4H3/t11?,12-,19+. The fraction of sp³-hybridized carbons (Fsp3) is 0.700. The molecule has 0 amide bonds. The molecule has 1 unspecified atom stereocenters. The lowest BCUT2D eigenvalue weighted by Gasteiger charge is -2.41. The maximum atomic E-state index is 13.8. The Bertz CT molecular complexity index is 1200. The third-order valence-electron chi connectivity index (χ3n) is 6.30. The first-order valence-corrected chi connectivity index (χ1v) is 12.7. The van der Waals surface area contributed by atoms with Gasteiger partial charge in [-0.05, 0) is 59.8 Å². The monoisotopic (exact) mass is 493 g/mol. The van der Waals surface area contributed by atoms with Crippen LogP contribution >= 0.6 is 11.3 Å². The summed E-state index contributed by atoms with van der Waals surface area (Å²) in [6.45, 7) is 6.36. The van der Waals surface area contributed by atoms with Crippen molar-refractivity contribution < 1.29 is 31.8 Å². The number of hydrogen-bond donors (Lipinski definition) is 2.